The van der Waals surface area contributed by atoms with Gasteiger partial charge in [-0.2, -0.15) is 0 Å². The van der Waals surface area contributed by atoms with Gasteiger partial charge in [0.15, 0.2) is 0 Å². The number of nitrogens with one attached hydrogen (secondary N) is 2. The van der Waals surface area contributed by atoms with Crippen molar-refractivity contribution in [2.75, 3.05) is 16.3 Å². The summed E-state index contributed by atoms with van der Waals surface area (Å²) in [5.41, 5.74) is 1.08. The van der Waals surface area contributed by atoms with E-state index < -0.39 is 16.0 Å². The molecule has 1 aromatic rings. The number of benzene rings is 1. The highest BCUT2D eigenvalue weighted by molar-refractivity contribution is 7.92. The van der Waals surface area contributed by atoms with Crippen molar-refractivity contribution in [1.29, 1.82) is 0 Å². The van der Waals surface area contributed by atoms with Gasteiger partial charge in [-0.3, -0.25) is 9.52 Å². The Hall–Kier alpha value is -1.76. The number of para-hydroxylation sites is 2. The summed E-state index contributed by atoms with van der Waals surface area (Å²) in [6.07, 6.45) is 1.61. The van der Waals surface area contributed by atoms with E-state index in [-0.39, 0.29) is 12.5 Å². The summed E-state index contributed by atoms with van der Waals surface area (Å²) in [7, 11) is -3.35. The van der Waals surface area contributed by atoms with Crippen LogP contribution in [0.5, 0.6) is 0 Å². The number of hydrogen-bond acceptors (Lipinski definition) is 4. The molecule has 19 heavy (non-hydrogen) atoms. The smallest absolute Gasteiger partial charge is 0.303 e. The van der Waals surface area contributed by atoms with Crippen molar-refractivity contribution in [3.05, 3.63) is 24.3 Å². The lowest BCUT2D eigenvalue weighted by Crippen LogP contribution is -2.18. The first-order valence-electron chi connectivity index (χ1n) is 5.83. The summed E-state index contributed by atoms with van der Waals surface area (Å²) in [4.78, 5) is 10.5. The Labute approximate surface area is 112 Å². The van der Waals surface area contributed by atoms with Crippen molar-refractivity contribution in [3.63, 3.8) is 0 Å². The zero-order valence-corrected chi connectivity index (χ0v) is 11.7. The van der Waals surface area contributed by atoms with E-state index >= 15 is 0 Å². The molecule has 3 N–H and O–H groups in total. The molecule has 0 aliphatic rings. The van der Waals surface area contributed by atoms with Crippen LogP contribution < -0.4 is 10.0 Å². The van der Waals surface area contributed by atoms with Crippen molar-refractivity contribution in [2.45, 2.75) is 25.8 Å². The second-order valence-electron chi connectivity index (χ2n) is 4.40. The van der Waals surface area contributed by atoms with Crippen molar-refractivity contribution in [1.82, 2.24) is 0 Å². The van der Waals surface area contributed by atoms with Gasteiger partial charge < -0.3 is 10.4 Å². The molecule has 0 amide bonds. The zero-order valence-electron chi connectivity index (χ0n) is 10.9. The Morgan fingerprint density at radius 3 is 2.42 bits per heavy atom. The molecular weight excluding hydrogens is 268 g/mol. The number of sulfonamides is 1. The minimum Gasteiger partial charge on any atom is -0.481 e. The lowest BCUT2D eigenvalue weighted by atomic mass is 10.1. The van der Waals surface area contributed by atoms with Crippen molar-refractivity contribution in [2.24, 2.45) is 0 Å². The molecule has 106 valence electrons. The van der Waals surface area contributed by atoms with Crippen molar-refractivity contribution < 1.29 is 18.3 Å². The molecule has 0 spiro atoms. The molecule has 0 heterocycles. The van der Waals surface area contributed by atoms with Crippen LogP contribution in [0, 0.1) is 0 Å². The number of rotatable bonds is 7. The molecule has 0 bridgehead atoms. The predicted octanol–water partition coefficient (Wildman–Crippen LogP) is 1.72. The van der Waals surface area contributed by atoms with Crippen LogP contribution in [0.25, 0.3) is 0 Å². The number of hydrogen-bond donors (Lipinski definition) is 3. The van der Waals surface area contributed by atoms with E-state index in [1.165, 1.54) is 0 Å². The summed E-state index contributed by atoms with van der Waals surface area (Å²) >= 11 is 0. The van der Waals surface area contributed by atoms with Gasteiger partial charge >= 0.3 is 5.97 Å². The quantitative estimate of drug-likeness (QED) is 0.709. The lowest BCUT2D eigenvalue weighted by molar-refractivity contribution is -0.137. The molecule has 7 heteroatoms. The van der Waals surface area contributed by atoms with E-state index in [0.29, 0.717) is 17.8 Å². The number of aliphatic carboxylic acids is 1. The molecule has 1 aromatic carbocycles. The van der Waals surface area contributed by atoms with Gasteiger partial charge in [0.25, 0.3) is 0 Å². The molecule has 0 aliphatic carbocycles. The maximum atomic E-state index is 11.2. The summed E-state index contributed by atoms with van der Waals surface area (Å²) in [5.74, 6) is -0.851. The van der Waals surface area contributed by atoms with E-state index in [1.807, 2.05) is 6.92 Å². The van der Waals surface area contributed by atoms with E-state index in [2.05, 4.69) is 10.0 Å². The Kier molecular flexibility index (Phi) is 5.17. The maximum absolute atomic E-state index is 11.2. The molecule has 6 nitrogen and oxygen atoms in total. The Bertz CT molecular complexity index is 542. The first-order chi connectivity index (χ1) is 8.78. The average molecular weight is 286 g/mol. The molecule has 1 atom stereocenters. The van der Waals surface area contributed by atoms with Crippen LogP contribution in [0.3, 0.4) is 0 Å². The molecule has 0 radical (unpaired) electrons. The minimum atomic E-state index is -3.35. The second kappa shape index (κ2) is 6.42. The molecule has 0 fully saturated rings. The fourth-order valence-corrected chi connectivity index (χ4v) is 2.15. The van der Waals surface area contributed by atoms with Crippen LogP contribution in [0.15, 0.2) is 24.3 Å². The molecular formula is C12H18N2O4S. The zero-order chi connectivity index (χ0) is 14.5. The Morgan fingerprint density at radius 1 is 1.32 bits per heavy atom. The van der Waals surface area contributed by atoms with E-state index in [0.717, 1.165) is 6.26 Å². The molecule has 0 saturated carbocycles. The third-order valence-corrected chi connectivity index (χ3v) is 3.01. The third-order valence-electron chi connectivity index (χ3n) is 2.42. The monoisotopic (exact) mass is 286 g/mol. The van der Waals surface area contributed by atoms with Crippen LogP contribution in [0.2, 0.25) is 0 Å². The molecule has 0 aromatic heterocycles. The number of carbonyl (C=O) groups is 1. The number of carboxylic acid groups (broad SMARTS) is 1. The van der Waals surface area contributed by atoms with Gasteiger partial charge in [-0.15, -0.1) is 0 Å². The second-order valence-corrected chi connectivity index (χ2v) is 6.15. The van der Waals surface area contributed by atoms with Crippen LogP contribution in [0.4, 0.5) is 11.4 Å². The summed E-state index contributed by atoms with van der Waals surface area (Å²) in [5, 5.41) is 11.7. The van der Waals surface area contributed by atoms with Gasteiger partial charge in [-0.25, -0.2) is 8.42 Å². The van der Waals surface area contributed by atoms with Crippen LogP contribution in [-0.2, 0) is 14.8 Å². The highest BCUT2D eigenvalue weighted by Crippen LogP contribution is 2.23. The first kappa shape index (κ1) is 15.3. The fraction of sp³-hybridized carbons (Fsp3) is 0.417. The SMILES string of the molecule is CC(CCC(=O)O)Nc1ccccc1NS(C)(=O)=O. The largest absolute Gasteiger partial charge is 0.481 e. The lowest BCUT2D eigenvalue weighted by Gasteiger charge is -2.17. The Balaban J connectivity index is 2.75. The normalized spacial score (nSPS) is 12.7. The fourth-order valence-electron chi connectivity index (χ4n) is 1.58. The van der Waals surface area contributed by atoms with Gasteiger partial charge in [0.05, 0.1) is 17.6 Å². The van der Waals surface area contributed by atoms with E-state index in [9.17, 15) is 13.2 Å². The highest BCUT2D eigenvalue weighted by atomic mass is 32.2. The molecule has 1 rings (SSSR count). The highest BCUT2D eigenvalue weighted by Gasteiger charge is 2.10. The van der Waals surface area contributed by atoms with Crippen LogP contribution in [0.1, 0.15) is 19.8 Å². The van der Waals surface area contributed by atoms with Gasteiger partial charge in [-0.05, 0) is 25.5 Å². The Morgan fingerprint density at radius 2 is 1.89 bits per heavy atom. The van der Waals surface area contributed by atoms with Crippen LogP contribution >= 0.6 is 0 Å². The average Bonchev–Trinajstić information content (AvgIpc) is 2.27. The topological polar surface area (TPSA) is 95.5 Å². The van der Waals surface area contributed by atoms with E-state index in [1.54, 1.807) is 24.3 Å². The standard InChI is InChI=1S/C12H18N2O4S/c1-9(7-8-12(15)16)13-10-5-3-4-6-11(10)14-19(2,17)18/h3-6,9,13-14H,7-8H2,1-2H3,(H,15,16). The third kappa shape index (κ3) is 6.10. The molecule has 0 aliphatic heterocycles. The van der Waals surface area contributed by atoms with E-state index in [4.69, 9.17) is 5.11 Å². The summed E-state index contributed by atoms with van der Waals surface area (Å²) in [6.45, 7) is 1.85. The number of carboxylic acids is 1. The predicted molar refractivity (Wildman–Crippen MR) is 74.9 cm³/mol. The van der Waals surface area contributed by atoms with Gasteiger partial charge in [0.2, 0.25) is 10.0 Å². The maximum Gasteiger partial charge on any atom is 0.303 e. The van der Waals surface area contributed by atoms with Crippen LogP contribution in [-0.4, -0.2) is 31.8 Å². The van der Waals surface area contributed by atoms with Gasteiger partial charge in [0.1, 0.15) is 0 Å². The van der Waals surface area contributed by atoms with Crippen molar-refractivity contribution >= 4 is 27.4 Å². The van der Waals surface area contributed by atoms with Gasteiger partial charge in [-0.1, -0.05) is 12.1 Å². The summed E-state index contributed by atoms with van der Waals surface area (Å²) in [6, 6.07) is 6.82. The molecule has 0 saturated heterocycles. The van der Waals surface area contributed by atoms with Gasteiger partial charge in [0, 0.05) is 12.5 Å². The summed E-state index contributed by atoms with van der Waals surface area (Å²) < 4.78 is 24.9. The minimum absolute atomic E-state index is 0.0653. The molecule has 1 unspecified atom stereocenters. The first-order valence-corrected chi connectivity index (χ1v) is 7.72. The van der Waals surface area contributed by atoms with Crippen molar-refractivity contribution in [3.8, 4) is 0 Å². The number of anilines is 2.